The Balaban J connectivity index is 2.25. The van der Waals surface area contributed by atoms with Crippen LogP contribution in [-0.2, 0) is 9.53 Å². The number of Topliss-reactive ketones (excluding diaryl/α,β-unsaturated/α-hetero) is 1. The summed E-state index contributed by atoms with van der Waals surface area (Å²) >= 11 is 0. The summed E-state index contributed by atoms with van der Waals surface area (Å²) in [6.45, 7) is 9.90. The third-order valence-corrected chi connectivity index (χ3v) is 4.94. The van der Waals surface area contributed by atoms with Gasteiger partial charge in [-0.3, -0.25) is 9.59 Å². The average Bonchev–Trinajstić information content (AvgIpc) is 2.65. The summed E-state index contributed by atoms with van der Waals surface area (Å²) in [4.78, 5) is 25.6. The monoisotopic (exact) mass is 378 g/mol. The van der Waals surface area contributed by atoms with Crippen LogP contribution in [0.3, 0.4) is 0 Å². The Hall–Kier alpha value is -2.68. The molecule has 0 aromatic heterocycles. The third-order valence-electron chi connectivity index (χ3n) is 4.94. The molecule has 0 saturated carbocycles. The second-order valence-electron chi connectivity index (χ2n) is 7.76. The first-order valence-electron chi connectivity index (χ1n) is 9.82. The summed E-state index contributed by atoms with van der Waals surface area (Å²) in [5.41, 5.74) is 3.78. The summed E-state index contributed by atoms with van der Waals surface area (Å²) < 4.78 is 5.25. The summed E-state index contributed by atoms with van der Waals surface area (Å²) in [7, 11) is 0. The first kappa shape index (κ1) is 21.6. The predicted octanol–water partition coefficient (Wildman–Crippen LogP) is 6.01. The highest BCUT2D eigenvalue weighted by Crippen LogP contribution is 2.32. The molecule has 3 nitrogen and oxygen atoms in total. The first-order valence-corrected chi connectivity index (χ1v) is 9.82. The van der Waals surface area contributed by atoms with Crippen molar-refractivity contribution in [1.82, 2.24) is 0 Å². The Kier molecular flexibility index (Phi) is 7.74. The van der Waals surface area contributed by atoms with Crippen molar-refractivity contribution >= 4 is 11.8 Å². The van der Waals surface area contributed by atoms with Gasteiger partial charge in [0.2, 0.25) is 0 Å². The highest BCUT2D eigenvalue weighted by atomic mass is 16.5. The van der Waals surface area contributed by atoms with Crippen LogP contribution in [-0.4, -0.2) is 11.8 Å². The van der Waals surface area contributed by atoms with E-state index in [4.69, 9.17) is 4.74 Å². The standard InChI is InChI=1S/C25H30O3/c1-17(2)13-14-28-24(26)16-23(21-9-7-6-8-10-21)20(5)25(27)22-12-11-18(3)15-19(22)4/h6-15,17,20,23H,16H2,1-5H3/b14-13+. The van der Waals surface area contributed by atoms with Gasteiger partial charge in [-0.25, -0.2) is 0 Å². The number of hydrogen-bond acceptors (Lipinski definition) is 3. The van der Waals surface area contributed by atoms with E-state index in [0.717, 1.165) is 16.7 Å². The van der Waals surface area contributed by atoms with Crippen LogP contribution in [0.1, 0.15) is 60.2 Å². The number of carbonyl (C=O) groups is 2. The quantitative estimate of drug-likeness (QED) is 0.321. The van der Waals surface area contributed by atoms with Gasteiger partial charge < -0.3 is 4.74 Å². The highest BCUT2D eigenvalue weighted by Gasteiger charge is 2.29. The van der Waals surface area contributed by atoms with E-state index in [2.05, 4.69) is 0 Å². The molecule has 0 heterocycles. The Morgan fingerprint density at radius 1 is 1.00 bits per heavy atom. The van der Waals surface area contributed by atoms with Crippen molar-refractivity contribution in [2.45, 2.75) is 47.0 Å². The van der Waals surface area contributed by atoms with E-state index in [9.17, 15) is 9.59 Å². The molecule has 2 atom stereocenters. The van der Waals surface area contributed by atoms with Gasteiger partial charge in [0, 0.05) is 17.4 Å². The van der Waals surface area contributed by atoms with Crippen molar-refractivity contribution in [1.29, 1.82) is 0 Å². The Bertz CT molecular complexity index is 834. The van der Waals surface area contributed by atoms with Gasteiger partial charge in [0.25, 0.3) is 0 Å². The van der Waals surface area contributed by atoms with E-state index in [1.165, 1.54) is 6.26 Å². The minimum atomic E-state index is -0.342. The Morgan fingerprint density at radius 3 is 2.29 bits per heavy atom. The number of allylic oxidation sites excluding steroid dienone is 1. The van der Waals surface area contributed by atoms with E-state index in [-0.39, 0.29) is 30.0 Å². The first-order chi connectivity index (χ1) is 13.3. The second kappa shape index (κ2) is 10.0. The molecule has 0 radical (unpaired) electrons. The molecule has 0 bridgehead atoms. The van der Waals surface area contributed by atoms with E-state index in [0.29, 0.717) is 11.5 Å². The molecule has 2 aromatic carbocycles. The largest absolute Gasteiger partial charge is 0.435 e. The minimum Gasteiger partial charge on any atom is -0.435 e. The van der Waals surface area contributed by atoms with Crippen molar-refractivity contribution in [3.8, 4) is 0 Å². The van der Waals surface area contributed by atoms with Crippen LogP contribution in [0.4, 0.5) is 0 Å². The fourth-order valence-corrected chi connectivity index (χ4v) is 3.30. The normalized spacial score (nSPS) is 13.5. The Morgan fingerprint density at radius 2 is 1.68 bits per heavy atom. The van der Waals surface area contributed by atoms with E-state index >= 15 is 0 Å². The predicted molar refractivity (Wildman–Crippen MR) is 113 cm³/mol. The molecule has 3 heteroatoms. The van der Waals surface area contributed by atoms with Crippen molar-refractivity contribution in [3.63, 3.8) is 0 Å². The van der Waals surface area contributed by atoms with Gasteiger partial charge in [-0.1, -0.05) is 74.9 Å². The molecular formula is C25H30O3. The summed E-state index contributed by atoms with van der Waals surface area (Å²) in [5.74, 6) is -0.551. The maximum Gasteiger partial charge on any atom is 0.311 e. The molecule has 2 rings (SSSR count). The zero-order valence-electron chi connectivity index (χ0n) is 17.4. The molecule has 0 aliphatic rings. The van der Waals surface area contributed by atoms with E-state index in [1.54, 1.807) is 0 Å². The SMILES string of the molecule is Cc1ccc(C(=O)C(C)C(CC(=O)O/C=C/C(C)C)c2ccccc2)c(C)c1. The van der Waals surface area contributed by atoms with Gasteiger partial charge >= 0.3 is 5.97 Å². The smallest absolute Gasteiger partial charge is 0.311 e. The lowest BCUT2D eigenvalue weighted by atomic mass is 9.79. The maximum atomic E-state index is 13.2. The molecule has 0 N–H and O–H groups in total. The van der Waals surface area contributed by atoms with Crippen molar-refractivity contribution in [2.24, 2.45) is 11.8 Å². The number of benzene rings is 2. The zero-order valence-corrected chi connectivity index (χ0v) is 17.4. The van der Waals surface area contributed by atoms with E-state index < -0.39 is 0 Å². The molecule has 148 valence electrons. The number of carbonyl (C=O) groups excluding carboxylic acids is 2. The van der Waals surface area contributed by atoms with Crippen LogP contribution in [0.2, 0.25) is 0 Å². The molecular weight excluding hydrogens is 348 g/mol. The van der Waals surface area contributed by atoms with Crippen molar-refractivity contribution in [2.75, 3.05) is 0 Å². The molecule has 0 amide bonds. The van der Waals surface area contributed by atoms with Gasteiger partial charge in [0.1, 0.15) is 0 Å². The van der Waals surface area contributed by atoms with Crippen molar-refractivity contribution < 1.29 is 14.3 Å². The Labute approximate surface area is 168 Å². The fraction of sp³-hybridized carbons (Fsp3) is 0.360. The third kappa shape index (κ3) is 5.91. The summed E-state index contributed by atoms with van der Waals surface area (Å²) in [5, 5.41) is 0. The van der Waals surface area contributed by atoms with Gasteiger partial charge in [-0.05, 0) is 37.0 Å². The minimum absolute atomic E-state index is 0.0527. The van der Waals surface area contributed by atoms with Crippen LogP contribution in [0.25, 0.3) is 0 Å². The second-order valence-corrected chi connectivity index (χ2v) is 7.76. The van der Waals surface area contributed by atoms with Gasteiger partial charge in [-0.15, -0.1) is 0 Å². The molecule has 0 fully saturated rings. The van der Waals surface area contributed by atoms with Gasteiger partial charge in [-0.2, -0.15) is 0 Å². The summed E-state index contributed by atoms with van der Waals surface area (Å²) in [6.07, 6.45) is 3.44. The maximum absolute atomic E-state index is 13.2. The van der Waals surface area contributed by atoms with Crippen LogP contribution < -0.4 is 0 Å². The molecule has 28 heavy (non-hydrogen) atoms. The number of esters is 1. The molecule has 0 spiro atoms. The fourth-order valence-electron chi connectivity index (χ4n) is 3.30. The summed E-state index contributed by atoms with van der Waals surface area (Å²) in [6, 6.07) is 15.6. The lowest BCUT2D eigenvalue weighted by Gasteiger charge is -2.23. The molecule has 0 aliphatic carbocycles. The average molecular weight is 379 g/mol. The molecule has 2 unspecified atom stereocenters. The molecule has 0 aliphatic heterocycles. The van der Waals surface area contributed by atoms with Gasteiger partial charge in [0.05, 0.1) is 12.7 Å². The molecule has 2 aromatic rings. The van der Waals surface area contributed by atoms with Crippen LogP contribution in [0, 0.1) is 25.7 Å². The van der Waals surface area contributed by atoms with Crippen LogP contribution in [0.5, 0.6) is 0 Å². The van der Waals surface area contributed by atoms with Crippen molar-refractivity contribution in [3.05, 3.63) is 83.1 Å². The lowest BCUT2D eigenvalue weighted by Crippen LogP contribution is -2.23. The highest BCUT2D eigenvalue weighted by molar-refractivity contribution is 5.99. The number of rotatable bonds is 8. The zero-order chi connectivity index (χ0) is 20.7. The topological polar surface area (TPSA) is 43.4 Å². The number of ketones is 1. The lowest BCUT2D eigenvalue weighted by molar-refractivity contribution is -0.138. The van der Waals surface area contributed by atoms with Crippen LogP contribution >= 0.6 is 0 Å². The van der Waals surface area contributed by atoms with Crippen LogP contribution in [0.15, 0.2) is 60.9 Å². The number of ether oxygens (including phenoxy) is 1. The molecule has 0 saturated heterocycles. The van der Waals surface area contributed by atoms with Gasteiger partial charge in [0.15, 0.2) is 5.78 Å². The van der Waals surface area contributed by atoms with E-state index in [1.807, 2.05) is 89.2 Å². The number of aryl methyl sites for hydroxylation is 2. The number of hydrogen-bond donors (Lipinski definition) is 0.